The van der Waals surface area contributed by atoms with Crippen LogP contribution < -0.4 is 4.90 Å². The number of hydrogen-bond donors (Lipinski definition) is 0. The van der Waals surface area contributed by atoms with Gasteiger partial charge in [-0.15, -0.1) is 11.3 Å². The summed E-state index contributed by atoms with van der Waals surface area (Å²) in [4.78, 5) is 13.5. The summed E-state index contributed by atoms with van der Waals surface area (Å²) in [5, 5.41) is 1.16. The van der Waals surface area contributed by atoms with Crippen molar-refractivity contribution in [2.45, 2.75) is 13.0 Å². The molecule has 2 nitrogen and oxygen atoms in total. The van der Waals surface area contributed by atoms with Crippen molar-refractivity contribution in [3.8, 4) is 0 Å². The van der Waals surface area contributed by atoms with Crippen LogP contribution in [0.2, 0.25) is 0 Å². The van der Waals surface area contributed by atoms with Gasteiger partial charge in [0.2, 0.25) is 0 Å². The molecular formula is C10H15NOS2. The van der Waals surface area contributed by atoms with Crippen molar-refractivity contribution in [2.24, 2.45) is 0 Å². The monoisotopic (exact) mass is 229 g/mol. The van der Waals surface area contributed by atoms with Crippen LogP contribution in [0.15, 0.2) is 12.1 Å². The maximum atomic E-state index is 10.5. The Hall–Kier alpha value is -0.480. The summed E-state index contributed by atoms with van der Waals surface area (Å²) >= 11 is 3.38. The molecular weight excluding hydrogens is 214 g/mol. The smallest absolute Gasteiger partial charge is 0.160 e. The Labute approximate surface area is 93.3 Å². The quantitative estimate of drug-likeness (QED) is 0.724. The molecule has 0 spiro atoms. The van der Waals surface area contributed by atoms with Crippen LogP contribution in [0.4, 0.5) is 5.00 Å². The second-order valence-corrected chi connectivity index (χ2v) is 5.21. The fraction of sp³-hybridized carbons (Fsp3) is 0.500. The number of thiophene rings is 1. The van der Waals surface area contributed by atoms with Crippen LogP contribution in [-0.4, -0.2) is 31.4 Å². The van der Waals surface area contributed by atoms with E-state index in [4.69, 9.17) is 0 Å². The van der Waals surface area contributed by atoms with E-state index >= 15 is 0 Å². The fourth-order valence-electron chi connectivity index (χ4n) is 1.17. The molecule has 4 heteroatoms. The number of rotatable bonds is 5. The molecule has 0 radical (unpaired) electrons. The van der Waals surface area contributed by atoms with Gasteiger partial charge in [0.05, 0.1) is 9.88 Å². The molecule has 0 aliphatic heterocycles. The number of aldehydes is 1. The standard InChI is InChI=1S/C10H15NOS2/c1-8(7-13-3)11(2)10-5-4-9(6-12)14-10/h4-6,8H,7H2,1-3H3. The third-order valence-electron chi connectivity index (χ3n) is 2.15. The van der Waals surface area contributed by atoms with E-state index in [1.807, 2.05) is 23.9 Å². The molecule has 1 unspecified atom stereocenters. The Kier molecular flexibility index (Phi) is 4.48. The van der Waals surface area contributed by atoms with Crippen LogP contribution in [0, 0.1) is 0 Å². The van der Waals surface area contributed by atoms with Crippen molar-refractivity contribution in [1.82, 2.24) is 0 Å². The second-order valence-electron chi connectivity index (χ2n) is 3.21. The topological polar surface area (TPSA) is 20.3 Å². The molecule has 1 heterocycles. The zero-order valence-electron chi connectivity index (χ0n) is 8.69. The van der Waals surface area contributed by atoms with Crippen molar-refractivity contribution < 1.29 is 4.79 Å². The van der Waals surface area contributed by atoms with Gasteiger partial charge in [-0.2, -0.15) is 11.8 Å². The molecule has 14 heavy (non-hydrogen) atoms. The van der Waals surface area contributed by atoms with Crippen molar-refractivity contribution in [2.75, 3.05) is 24.0 Å². The summed E-state index contributed by atoms with van der Waals surface area (Å²) in [5.41, 5.74) is 0. The van der Waals surface area contributed by atoms with Crippen molar-refractivity contribution >= 4 is 34.4 Å². The average molecular weight is 229 g/mol. The van der Waals surface area contributed by atoms with Crippen molar-refractivity contribution in [3.63, 3.8) is 0 Å². The lowest BCUT2D eigenvalue weighted by Crippen LogP contribution is -2.29. The summed E-state index contributed by atoms with van der Waals surface area (Å²) in [6.45, 7) is 2.19. The fourth-order valence-corrected chi connectivity index (χ4v) is 2.76. The summed E-state index contributed by atoms with van der Waals surface area (Å²) in [7, 11) is 2.07. The molecule has 1 aromatic heterocycles. The van der Waals surface area contributed by atoms with E-state index < -0.39 is 0 Å². The molecule has 0 aliphatic rings. The van der Waals surface area contributed by atoms with Crippen LogP contribution >= 0.6 is 23.1 Å². The molecule has 0 fully saturated rings. The molecule has 0 aliphatic carbocycles. The van der Waals surface area contributed by atoms with Gasteiger partial charge in [-0.05, 0) is 25.3 Å². The molecule has 0 aromatic carbocycles. The van der Waals surface area contributed by atoms with Gasteiger partial charge in [-0.1, -0.05) is 0 Å². The van der Waals surface area contributed by atoms with Crippen molar-refractivity contribution in [3.05, 3.63) is 17.0 Å². The predicted molar refractivity (Wildman–Crippen MR) is 66.0 cm³/mol. The molecule has 1 atom stereocenters. The highest BCUT2D eigenvalue weighted by Gasteiger charge is 2.11. The lowest BCUT2D eigenvalue weighted by atomic mass is 10.3. The zero-order chi connectivity index (χ0) is 10.6. The van der Waals surface area contributed by atoms with Gasteiger partial charge in [-0.25, -0.2) is 0 Å². The summed E-state index contributed by atoms with van der Waals surface area (Å²) in [6.07, 6.45) is 3.01. The van der Waals surface area contributed by atoms with Gasteiger partial charge in [-0.3, -0.25) is 4.79 Å². The first-order valence-corrected chi connectivity index (χ1v) is 6.67. The number of nitrogens with zero attached hydrogens (tertiary/aromatic N) is 1. The normalized spacial score (nSPS) is 12.5. The molecule has 0 amide bonds. The number of carbonyl (C=O) groups excluding carboxylic acids is 1. The second kappa shape index (κ2) is 5.41. The number of thioether (sulfide) groups is 1. The van der Waals surface area contributed by atoms with Crippen LogP contribution in [0.25, 0.3) is 0 Å². The first-order chi connectivity index (χ1) is 6.69. The molecule has 0 saturated heterocycles. The Balaban J connectivity index is 2.67. The Morgan fingerprint density at radius 1 is 1.64 bits per heavy atom. The SMILES string of the molecule is CSCC(C)N(C)c1ccc(C=O)s1. The maximum absolute atomic E-state index is 10.5. The van der Waals surface area contributed by atoms with Gasteiger partial charge < -0.3 is 4.90 Å². The van der Waals surface area contributed by atoms with Gasteiger partial charge in [0.1, 0.15) is 0 Å². The summed E-state index contributed by atoms with van der Waals surface area (Å²) in [6, 6.07) is 4.38. The Bertz CT molecular complexity index is 298. The predicted octanol–water partition coefficient (Wildman–Crippen LogP) is 2.75. The molecule has 1 rings (SSSR count). The Morgan fingerprint density at radius 3 is 2.86 bits per heavy atom. The van der Waals surface area contributed by atoms with Gasteiger partial charge in [0, 0.05) is 18.8 Å². The number of carbonyl (C=O) groups is 1. The third kappa shape index (κ3) is 2.75. The van der Waals surface area contributed by atoms with Gasteiger partial charge in [0.15, 0.2) is 6.29 Å². The van der Waals surface area contributed by atoms with E-state index in [9.17, 15) is 4.79 Å². The molecule has 0 N–H and O–H groups in total. The number of hydrogen-bond acceptors (Lipinski definition) is 4. The molecule has 1 aromatic rings. The highest BCUT2D eigenvalue weighted by atomic mass is 32.2. The lowest BCUT2D eigenvalue weighted by Gasteiger charge is -2.24. The minimum Gasteiger partial charge on any atom is -0.363 e. The van der Waals surface area contributed by atoms with E-state index in [0.29, 0.717) is 6.04 Å². The van der Waals surface area contributed by atoms with Crippen LogP contribution in [0.3, 0.4) is 0 Å². The van der Waals surface area contributed by atoms with E-state index in [2.05, 4.69) is 25.1 Å². The lowest BCUT2D eigenvalue weighted by molar-refractivity contribution is 0.112. The first kappa shape index (κ1) is 11.6. The van der Waals surface area contributed by atoms with Crippen LogP contribution in [0.5, 0.6) is 0 Å². The van der Waals surface area contributed by atoms with E-state index in [1.165, 1.54) is 0 Å². The maximum Gasteiger partial charge on any atom is 0.160 e. The van der Waals surface area contributed by atoms with Crippen LogP contribution in [-0.2, 0) is 0 Å². The van der Waals surface area contributed by atoms with Crippen LogP contribution in [0.1, 0.15) is 16.6 Å². The first-order valence-electron chi connectivity index (χ1n) is 4.45. The average Bonchev–Trinajstić information content (AvgIpc) is 2.65. The highest BCUT2D eigenvalue weighted by Crippen LogP contribution is 2.25. The minimum atomic E-state index is 0.503. The van der Waals surface area contributed by atoms with Crippen molar-refractivity contribution in [1.29, 1.82) is 0 Å². The summed E-state index contributed by atoms with van der Waals surface area (Å²) < 4.78 is 0. The highest BCUT2D eigenvalue weighted by molar-refractivity contribution is 7.98. The van der Waals surface area contributed by atoms with Gasteiger partial charge in [0.25, 0.3) is 0 Å². The Morgan fingerprint density at radius 2 is 2.36 bits per heavy atom. The molecule has 0 bridgehead atoms. The molecule has 78 valence electrons. The van der Waals surface area contributed by atoms with Gasteiger partial charge >= 0.3 is 0 Å². The van der Waals surface area contributed by atoms with E-state index in [-0.39, 0.29) is 0 Å². The number of anilines is 1. The van der Waals surface area contributed by atoms with E-state index in [0.717, 1.165) is 21.9 Å². The zero-order valence-corrected chi connectivity index (χ0v) is 10.3. The molecule has 0 saturated carbocycles. The van der Waals surface area contributed by atoms with E-state index in [1.54, 1.807) is 11.3 Å². The third-order valence-corrected chi connectivity index (χ3v) is 4.06. The summed E-state index contributed by atoms with van der Waals surface area (Å²) in [5.74, 6) is 1.10. The minimum absolute atomic E-state index is 0.503. The largest absolute Gasteiger partial charge is 0.363 e.